The van der Waals surface area contributed by atoms with Gasteiger partial charge in [0.05, 0.1) is 40.5 Å². The normalized spacial score (nSPS) is 12.2. The number of hydrogen-bond donors (Lipinski definition) is 0. The number of rotatable bonds is 11. The summed E-state index contributed by atoms with van der Waals surface area (Å²) in [5, 5.41) is 0. The number of nitrogens with zero attached hydrogens (tertiary/aromatic N) is 3. The Labute approximate surface area is 215 Å². The average Bonchev–Trinajstić information content (AvgIpc) is 3.03. The molecule has 0 spiro atoms. The van der Waals surface area contributed by atoms with Crippen LogP contribution >= 0.6 is 24.8 Å². The van der Waals surface area contributed by atoms with Crippen LogP contribution in [0.2, 0.25) is 0 Å². The van der Waals surface area contributed by atoms with Crippen LogP contribution in [0.3, 0.4) is 0 Å². The molecular weight excluding hydrogens is 477 g/mol. The highest BCUT2D eigenvalue weighted by Gasteiger charge is 2.15. The van der Waals surface area contributed by atoms with E-state index in [0.717, 1.165) is 68.4 Å². The number of aliphatic imine (C=N–C) groups is 1. The second-order valence-corrected chi connectivity index (χ2v) is 7.96. The first-order chi connectivity index (χ1) is 15.6. The molecule has 0 atom stereocenters. The molecule has 1 aliphatic rings. The zero-order chi connectivity index (χ0) is 22.9. The molecule has 0 fully saturated rings. The van der Waals surface area contributed by atoms with Crippen LogP contribution in [-0.4, -0.2) is 77.8 Å². The lowest BCUT2D eigenvalue weighted by molar-refractivity contribution is 0.310. The van der Waals surface area contributed by atoms with E-state index in [0.29, 0.717) is 5.75 Å². The third-order valence-corrected chi connectivity index (χ3v) is 5.83. The van der Waals surface area contributed by atoms with E-state index in [-0.39, 0.29) is 24.8 Å². The molecule has 0 saturated carbocycles. The van der Waals surface area contributed by atoms with Gasteiger partial charge in [0.2, 0.25) is 0 Å². The minimum Gasteiger partial charge on any atom is -0.493 e. The summed E-state index contributed by atoms with van der Waals surface area (Å²) in [6, 6.07) is 10.1. The molecule has 190 valence electrons. The Hall–Kier alpha value is -2.35. The lowest BCUT2D eigenvalue weighted by atomic mass is 10.1. The average molecular weight is 514 g/mol. The van der Waals surface area contributed by atoms with Gasteiger partial charge in [0.1, 0.15) is 0 Å². The summed E-state index contributed by atoms with van der Waals surface area (Å²) in [5.41, 5.74) is 3.39. The second-order valence-electron chi connectivity index (χ2n) is 7.96. The fourth-order valence-electron chi connectivity index (χ4n) is 3.88. The number of hydrogen-bond acceptors (Lipinski definition) is 7. The van der Waals surface area contributed by atoms with E-state index in [4.69, 9.17) is 18.9 Å². The van der Waals surface area contributed by atoms with Gasteiger partial charge in [-0.3, -0.25) is 0 Å². The van der Waals surface area contributed by atoms with Gasteiger partial charge < -0.3 is 28.7 Å². The van der Waals surface area contributed by atoms with Gasteiger partial charge in [0.15, 0.2) is 23.0 Å². The van der Waals surface area contributed by atoms with Gasteiger partial charge in [-0.25, -0.2) is 4.99 Å². The molecule has 0 N–H and O–H groups in total. The number of likely N-dealkylation sites (N-methyl/N-ethyl adjacent to an activating group) is 1. The summed E-state index contributed by atoms with van der Waals surface area (Å²) in [7, 11) is 8.82. The molecule has 2 aromatic carbocycles. The van der Waals surface area contributed by atoms with E-state index < -0.39 is 0 Å². The summed E-state index contributed by atoms with van der Waals surface area (Å²) in [6.07, 6.45) is 4.95. The maximum absolute atomic E-state index is 5.43. The van der Waals surface area contributed by atoms with Crippen molar-refractivity contribution >= 4 is 36.8 Å². The van der Waals surface area contributed by atoms with Crippen LogP contribution in [0.1, 0.15) is 17.5 Å². The minimum absolute atomic E-state index is 0. The van der Waals surface area contributed by atoms with Crippen molar-refractivity contribution in [2.45, 2.75) is 19.3 Å². The van der Waals surface area contributed by atoms with Crippen molar-refractivity contribution in [3.05, 3.63) is 41.5 Å². The molecular formula is C25H37Cl2N3O4. The van der Waals surface area contributed by atoms with Gasteiger partial charge in [-0.05, 0) is 62.2 Å². The molecule has 2 aromatic rings. The molecule has 1 aliphatic heterocycles. The molecule has 0 unspecified atom stereocenters. The Morgan fingerprint density at radius 3 is 2.18 bits per heavy atom. The molecule has 0 bridgehead atoms. The van der Waals surface area contributed by atoms with E-state index in [1.165, 1.54) is 11.1 Å². The first-order valence-corrected chi connectivity index (χ1v) is 11.0. The van der Waals surface area contributed by atoms with Crippen molar-refractivity contribution in [1.29, 1.82) is 0 Å². The molecule has 0 aromatic heterocycles. The van der Waals surface area contributed by atoms with E-state index in [1.807, 2.05) is 24.5 Å². The molecule has 3 rings (SSSR count). The van der Waals surface area contributed by atoms with Gasteiger partial charge in [0.25, 0.3) is 0 Å². The number of halogens is 2. The summed E-state index contributed by atoms with van der Waals surface area (Å²) in [4.78, 5) is 9.35. The van der Waals surface area contributed by atoms with Crippen molar-refractivity contribution in [2.24, 2.45) is 4.99 Å². The Kier molecular flexibility index (Phi) is 12.9. The van der Waals surface area contributed by atoms with Crippen molar-refractivity contribution in [1.82, 2.24) is 9.80 Å². The van der Waals surface area contributed by atoms with Gasteiger partial charge in [-0.1, -0.05) is 6.07 Å². The van der Waals surface area contributed by atoms with Gasteiger partial charge in [0, 0.05) is 25.7 Å². The van der Waals surface area contributed by atoms with Crippen LogP contribution in [-0.2, 0) is 12.8 Å². The predicted molar refractivity (Wildman–Crippen MR) is 143 cm³/mol. The third kappa shape index (κ3) is 7.86. The largest absolute Gasteiger partial charge is 0.493 e. The van der Waals surface area contributed by atoms with Crippen LogP contribution in [0.15, 0.2) is 35.3 Å². The zero-order valence-electron chi connectivity index (χ0n) is 20.7. The van der Waals surface area contributed by atoms with E-state index in [1.54, 1.807) is 28.4 Å². The van der Waals surface area contributed by atoms with Gasteiger partial charge >= 0.3 is 0 Å². The monoisotopic (exact) mass is 513 g/mol. The van der Waals surface area contributed by atoms with Crippen LogP contribution < -0.4 is 18.9 Å². The molecule has 0 saturated heterocycles. The first-order valence-electron chi connectivity index (χ1n) is 11.0. The van der Waals surface area contributed by atoms with Gasteiger partial charge in [-0.2, -0.15) is 0 Å². The van der Waals surface area contributed by atoms with Crippen molar-refractivity contribution in [2.75, 3.05) is 61.7 Å². The SMILES string of the molecule is COc1ccc(CCN(C)CCCN2C=Nc3cc(OC)c(OC)cc3CC2)cc1OC.Cl.Cl. The summed E-state index contributed by atoms with van der Waals surface area (Å²) in [6.45, 7) is 3.95. The third-order valence-electron chi connectivity index (χ3n) is 5.83. The molecule has 34 heavy (non-hydrogen) atoms. The standard InChI is InChI=1S/C25H35N3O4.2ClH/c1-27(13-9-19-7-8-22(29-2)23(15-19)30-3)11-6-12-28-14-10-20-16-24(31-4)25(32-5)17-21(20)26-18-28;;/h7-8,15-18H,6,9-14H2,1-5H3;2*1H. The van der Waals surface area contributed by atoms with Gasteiger partial charge in [-0.15, -0.1) is 24.8 Å². The maximum Gasteiger partial charge on any atom is 0.162 e. The Balaban J connectivity index is 0.00000289. The first kappa shape index (κ1) is 29.7. The van der Waals surface area contributed by atoms with E-state index >= 15 is 0 Å². The highest BCUT2D eigenvalue weighted by molar-refractivity contribution is 5.85. The maximum atomic E-state index is 5.43. The molecule has 1 heterocycles. The van der Waals surface area contributed by atoms with E-state index in [2.05, 4.69) is 34.0 Å². The number of fused-ring (bicyclic) bond motifs is 1. The summed E-state index contributed by atoms with van der Waals surface area (Å²) >= 11 is 0. The Morgan fingerprint density at radius 2 is 1.50 bits per heavy atom. The van der Waals surface area contributed by atoms with Crippen molar-refractivity contribution in [3.8, 4) is 23.0 Å². The Morgan fingerprint density at radius 1 is 0.853 bits per heavy atom. The highest BCUT2D eigenvalue weighted by atomic mass is 35.5. The van der Waals surface area contributed by atoms with Crippen molar-refractivity contribution < 1.29 is 18.9 Å². The number of ether oxygens (including phenoxy) is 4. The quantitative estimate of drug-likeness (QED) is 0.435. The molecule has 7 nitrogen and oxygen atoms in total. The summed E-state index contributed by atoms with van der Waals surface area (Å²) in [5.74, 6) is 3.02. The van der Waals surface area contributed by atoms with E-state index in [9.17, 15) is 0 Å². The lowest BCUT2D eigenvalue weighted by Gasteiger charge is -2.21. The molecule has 9 heteroatoms. The zero-order valence-corrected chi connectivity index (χ0v) is 22.3. The second kappa shape index (κ2) is 14.8. The van der Waals surface area contributed by atoms with Crippen LogP contribution in [0.4, 0.5) is 5.69 Å². The van der Waals surface area contributed by atoms with Crippen LogP contribution in [0.25, 0.3) is 0 Å². The van der Waals surface area contributed by atoms with Crippen LogP contribution in [0, 0.1) is 0 Å². The summed E-state index contributed by atoms with van der Waals surface area (Å²) < 4.78 is 21.6. The predicted octanol–water partition coefficient (Wildman–Crippen LogP) is 4.65. The topological polar surface area (TPSA) is 55.8 Å². The highest BCUT2D eigenvalue weighted by Crippen LogP contribution is 2.35. The number of benzene rings is 2. The molecule has 0 amide bonds. The minimum atomic E-state index is 0. The molecule has 0 radical (unpaired) electrons. The number of methoxy groups -OCH3 is 4. The fourth-order valence-corrected chi connectivity index (χ4v) is 3.88. The Bertz CT molecular complexity index is 927. The van der Waals surface area contributed by atoms with Crippen molar-refractivity contribution in [3.63, 3.8) is 0 Å². The lowest BCUT2D eigenvalue weighted by Crippen LogP contribution is -2.29. The van der Waals surface area contributed by atoms with Crippen LogP contribution in [0.5, 0.6) is 23.0 Å². The smallest absolute Gasteiger partial charge is 0.162 e. The molecule has 0 aliphatic carbocycles. The fraction of sp³-hybridized carbons (Fsp3) is 0.480.